The third-order valence-corrected chi connectivity index (χ3v) is 16.0. The van der Waals surface area contributed by atoms with E-state index in [1.807, 2.05) is 0 Å². The zero-order chi connectivity index (χ0) is 53.0. The fraction of sp³-hybridized carbons (Fsp3) is 0.644. The zero-order valence-corrected chi connectivity index (χ0v) is 42.3. The number of nitrogens with two attached hydrogens (primary N) is 2. The van der Waals surface area contributed by atoms with E-state index in [0.717, 1.165) is 24.4 Å². The fourth-order valence-electron chi connectivity index (χ4n) is 8.86. The maximum atomic E-state index is 15.0. The maximum absolute atomic E-state index is 15.0. The van der Waals surface area contributed by atoms with E-state index >= 15 is 4.55 Å². The van der Waals surface area contributed by atoms with E-state index in [4.69, 9.17) is 16.2 Å². The first-order valence-electron chi connectivity index (χ1n) is 23.8. The first-order valence-corrected chi connectivity index (χ1v) is 26.2. The third-order valence-electron chi connectivity index (χ3n) is 13.2. The number of ether oxygens (including phenoxy) is 1. The van der Waals surface area contributed by atoms with Gasteiger partial charge in [-0.15, -0.1) is 0 Å². The highest BCUT2D eigenvalue weighted by atomic mass is 32.2. The first-order chi connectivity index (χ1) is 34.2. The van der Waals surface area contributed by atoms with Crippen LogP contribution in [-0.2, 0) is 61.7 Å². The highest BCUT2D eigenvalue weighted by Gasteiger charge is 2.45. The van der Waals surface area contributed by atoms with Crippen LogP contribution in [0.3, 0.4) is 0 Å². The van der Waals surface area contributed by atoms with Crippen LogP contribution in [0.2, 0.25) is 0 Å². The molecule has 1 aromatic carbocycles. The molecule has 0 saturated carbocycles. The number of hydrogen-bond acceptors (Lipinski definition) is 17. The van der Waals surface area contributed by atoms with Gasteiger partial charge in [-0.2, -0.15) is 11.8 Å². The van der Waals surface area contributed by atoms with Crippen LogP contribution >= 0.6 is 11.8 Å². The van der Waals surface area contributed by atoms with E-state index in [0.29, 0.717) is 40.0 Å². The van der Waals surface area contributed by atoms with Gasteiger partial charge in [0.25, 0.3) is 0 Å². The second kappa shape index (κ2) is 26.6. The van der Waals surface area contributed by atoms with Gasteiger partial charge < -0.3 is 88.3 Å². The summed E-state index contributed by atoms with van der Waals surface area (Å²) in [5.74, 6) is -8.95. The average molecular weight is 1050 g/mol. The van der Waals surface area contributed by atoms with Crippen LogP contribution in [-0.4, -0.2) is 195 Å². The summed E-state index contributed by atoms with van der Waals surface area (Å²) in [6.07, 6.45) is -2.95. The Labute approximate surface area is 423 Å². The summed E-state index contributed by atoms with van der Waals surface area (Å²) in [6, 6.07) is -5.64. The van der Waals surface area contributed by atoms with E-state index in [2.05, 4.69) is 42.2 Å². The van der Waals surface area contributed by atoms with E-state index < -0.39 is 164 Å². The number of rotatable bonds is 18. The van der Waals surface area contributed by atoms with Gasteiger partial charge in [0.05, 0.1) is 63.6 Å². The summed E-state index contributed by atoms with van der Waals surface area (Å²) >= 11 is -0.654. The highest BCUT2D eigenvalue weighted by molar-refractivity contribution is 7.99. The molecule has 2 aromatic rings. The van der Waals surface area contributed by atoms with Crippen molar-refractivity contribution in [3.63, 3.8) is 0 Å². The number of aliphatic hydroxyl groups excluding tert-OH is 4. The standard InChI is InChI=1S/C45H69N11O14S2/c1-5-21(2)37(53-35(62)13-46)42(66)49-15-36(63)51-30-20-72(69)44-27(26-6-7-33(70-4)28(39(26)55-44)19-71-25-8-9-48-14-25)10-23(17-57)50-43(67)38(22(3)32(60)18-58)54-41(65)31-11-24(59)16-56(31)45(68)29(12-34(47)61)52-40(30)64/h6-7,21-25,29-32,37-38,48,55,57-60H,5,8-20,46H2,1-4H3,(H2,47,61)(H,49,66)(H,50,67)(H,51,63)(H,52,64)(H,53,62)(H,54,65)/t21-,22-,23-,24+,25+,29-,30-,31-,32-,37-,38-,72?/m0/s1. The van der Waals surface area contributed by atoms with Gasteiger partial charge in [0.1, 0.15) is 35.7 Å². The first kappa shape index (κ1) is 57.6. The topological polar surface area (TPSA) is 405 Å². The lowest BCUT2D eigenvalue weighted by molar-refractivity contribution is -0.144. The Morgan fingerprint density at radius 1 is 1.06 bits per heavy atom. The molecule has 16 N–H and O–H groups in total. The molecule has 12 atom stereocenters. The summed E-state index contributed by atoms with van der Waals surface area (Å²) in [5, 5.41) is 61.4. The third kappa shape index (κ3) is 14.5. The SMILES string of the molecule is CC[C@H](C)[C@H](NC(=O)CN)C(=O)NCC(=O)N[C@H]1C[S+]([O-])c2[nH]c3c(CS[C@@H]4CCNC4)c(OC)ccc3c2C[C@@H](CO)NC(=O)[C@H]([C@@H](C)[C@@H](O)CO)NC(=O)[C@@H]2C[C@@H](O)CN2C(=O)[C@H](CC(N)=O)NC1=O. The van der Waals surface area contributed by atoms with Gasteiger partial charge in [-0.3, -0.25) is 38.4 Å². The highest BCUT2D eigenvalue weighted by Crippen LogP contribution is 2.38. The van der Waals surface area contributed by atoms with Crippen molar-refractivity contribution in [3.8, 4) is 5.75 Å². The molecule has 3 aliphatic rings. The predicted octanol–water partition coefficient (Wildman–Crippen LogP) is -5.20. The van der Waals surface area contributed by atoms with Crippen molar-refractivity contribution in [2.45, 2.75) is 117 Å². The Kier molecular flexibility index (Phi) is 21.3. The smallest absolute Gasteiger partial charge is 0.248 e. The summed E-state index contributed by atoms with van der Waals surface area (Å²) in [7, 11) is 1.49. The van der Waals surface area contributed by atoms with E-state index in [1.165, 1.54) is 14.0 Å². The molecule has 4 heterocycles. The summed E-state index contributed by atoms with van der Waals surface area (Å²) in [5.41, 5.74) is 12.5. The molecule has 25 nitrogen and oxygen atoms in total. The molecule has 0 radical (unpaired) electrons. The molecule has 2 saturated heterocycles. The molecule has 27 heteroatoms. The van der Waals surface area contributed by atoms with E-state index in [1.54, 1.807) is 37.7 Å². The monoisotopic (exact) mass is 1050 g/mol. The normalized spacial score (nSPS) is 26.1. The molecule has 2 fully saturated rings. The number of aromatic nitrogens is 1. The number of methoxy groups -OCH3 is 1. The molecule has 0 bridgehead atoms. The Morgan fingerprint density at radius 2 is 1.79 bits per heavy atom. The van der Waals surface area contributed by atoms with Crippen LogP contribution < -0.4 is 53.4 Å². The van der Waals surface area contributed by atoms with Crippen molar-refractivity contribution >= 4 is 81.1 Å². The Balaban J connectivity index is 1.63. The Morgan fingerprint density at radius 3 is 2.42 bits per heavy atom. The van der Waals surface area contributed by atoms with Crippen molar-refractivity contribution in [2.75, 3.05) is 58.8 Å². The molecule has 8 amide bonds. The van der Waals surface area contributed by atoms with Crippen LogP contribution in [0.15, 0.2) is 17.2 Å². The largest absolute Gasteiger partial charge is 0.610 e. The number of hydrogen-bond donors (Lipinski definition) is 14. The van der Waals surface area contributed by atoms with Crippen molar-refractivity contribution in [2.24, 2.45) is 23.3 Å². The van der Waals surface area contributed by atoms with Crippen LogP contribution in [0, 0.1) is 11.8 Å². The lowest BCUT2D eigenvalue weighted by Gasteiger charge is -2.32. The van der Waals surface area contributed by atoms with Crippen molar-refractivity contribution in [1.29, 1.82) is 0 Å². The number of aliphatic hydroxyl groups is 4. The van der Waals surface area contributed by atoms with Crippen molar-refractivity contribution < 1.29 is 68.1 Å². The second-order valence-electron chi connectivity index (χ2n) is 18.3. The molecule has 0 spiro atoms. The predicted molar refractivity (Wildman–Crippen MR) is 263 cm³/mol. The van der Waals surface area contributed by atoms with Gasteiger partial charge in [0.2, 0.25) is 52.3 Å². The lowest BCUT2D eigenvalue weighted by atomic mass is 9.94. The number of primary amides is 1. The van der Waals surface area contributed by atoms with Crippen LogP contribution in [0.1, 0.15) is 57.6 Å². The van der Waals surface area contributed by atoms with Gasteiger partial charge in [0.15, 0.2) is 6.04 Å². The fourth-order valence-corrected chi connectivity index (χ4v) is 11.5. The molecule has 3 aliphatic heterocycles. The number of carbonyl (C=O) groups is 8. The van der Waals surface area contributed by atoms with E-state index in [-0.39, 0.29) is 23.1 Å². The number of nitrogens with zero attached hydrogens (tertiary/aromatic N) is 1. The minimum absolute atomic E-state index is 0.000764. The Hall–Kier alpha value is -5.26. The number of thioether (sulfide) groups is 1. The minimum Gasteiger partial charge on any atom is -0.610 e. The molecular weight excluding hydrogens is 983 g/mol. The average Bonchev–Trinajstić information content (AvgIpc) is 4.12. The van der Waals surface area contributed by atoms with Crippen LogP contribution in [0.4, 0.5) is 0 Å². The van der Waals surface area contributed by atoms with Gasteiger partial charge in [-0.1, -0.05) is 27.2 Å². The molecule has 1 unspecified atom stereocenters. The minimum atomic E-state index is -2.32. The number of H-pyrrole nitrogens is 1. The number of carbonyl (C=O) groups excluding carboxylic acids is 8. The van der Waals surface area contributed by atoms with Crippen LogP contribution in [0.5, 0.6) is 5.75 Å². The summed E-state index contributed by atoms with van der Waals surface area (Å²) in [6.45, 7) is 3.30. The maximum Gasteiger partial charge on any atom is 0.248 e. The van der Waals surface area contributed by atoms with Gasteiger partial charge >= 0.3 is 0 Å². The molecule has 0 aliphatic carbocycles. The second-order valence-corrected chi connectivity index (χ2v) is 21.0. The lowest BCUT2D eigenvalue weighted by Crippen LogP contribution is -2.61. The molecule has 5 rings (SSSR count). The van der Waals surface area contributed by atoms with Gasteiger partial charge in [-0.05, 0) is 31.0 Å². The van der Waals surface area contributed by atoms with Gasteiger partial charge in [0, 0.05) is 70.5 Å². The molecule has 1 aromatic heterocycles. The summed E-state index contributed by atoms with van der Waals surface area (Å²) < 4.78 is 20.8. The quantitative estimate of drug-likeness (QED) is 0.0621. The number of nitrogens with one attached hydrogen (secondary N) is 8. The number of aromatic amines is 1. The van der Waals surface area contributed by atoms with E-state index in [9.17, 15) is 58.8 Å². The van der Waals surface area contributed by atoms with Crippen molar-refractivity contribution in [1.82, 2.24) is 47.1 Å². The van der Waals surface area contributed by atoms with Crippen molar-refractivity contribution in [3.05, 3.63) is 23.3 Å². The number of benzene rings is 1. The molecule has 400 valence electrons. The molecule has 72 heavy (non-hydrogen) atoms. The van der Waals surface area contributed by atoms with Gasteiger partial charge in [-0.25, -0.2) is 0 Å². The van der Waals surface area contributed by atoms with Crippen LogP contribution in [0.25, 0.3) is 10.9 Å². The Bertz CT molecular complexity index is 2290. The number of fused-ring (bicyclic) bond motifs is 4. The molecular formula is C45H69N11O14S2. The summed E-state index contributed by atoms with van der Waals surface area (Å²) in [4.78, 5) is 113. The number of amides is 8. The zero-order valence-electron chi connectivity index (χ0n) is 40.7.